The van der Waals surface area contributed by atoms with Crippen molar-refractivity contribution in [3.8, 4) is 5.75 Å². The molecule has 0 fully saturated rings. The number of fused-ring (bicyclic) bond motifs is 1. The monoisotopic (exact) mass is 373 g/mol. The molecule has 0 amide bonds. The van der Waals surface area contributed by atoms with Gasteiger partial charge in [0.2, 0.25) is 5.11 Å². The second kappa shape index (κ2) is 8.46. The van der Waals surface area contributed by atoms with Gasteiger partial charge in [0.05, 0.1) is 27.0 Å². The van der Waals surface area contributed by atoms with E-state index in [0.29, 0.717) is 10.9 Å². The minimum Gasteiger partial charge on any atom is -0.495 e. The van der Waals surface area contributed by atoms with Crippen molar-refractivity contribution in [2.45, 2.75) is 13.0 Å². The highest BCUT2D eigenvalue weighted by molar-refractivity contribution is 7.80. The molecule has 1 N–H and O–H groups in total. The second-order valence-electron chi connectivity index (χ2n) is 5.79. The molecular formula is C19H23N3O3S. The first-order chi connectivity index (χ1) is 12.7. The maximum Gasteiger partial charge on any atom is 0.234 e. The van der Waals surface area contributed by atoms with Crippen LogP contribution in [0.4, 0.5) is 11.4 Å². The molecule has 1 aliphatic heterocycles. The van der Waals surface area contributed by atoms with E-state index in [-0.39, 0.29) is 0 Å². The van der Waals surface area contributed by atoms with Crippen molar-refractivity contribution in [1.82, 2.24) is 10.5 Å². The van der Waals surface area contributed by atoms with Crippen molar-refractivity contribution in [3.05, 3.63) is 53.6 Å². The molecule has 0 radical (unpaired) electrons. The molecule has 0 saturated heterocycles. The van der Waals surface area contributed by atoms with E-state index in [1.807, 2.05) is 35.2 Å². The topological polar surface area (TPSA) is 46.2 Å². The molecule has 3 rings (SSSR count). The molecule has 7 heteroatoms. The highest BCUT2D eigenvalue weighted by Gasteiger charge is 2.24. The van der Waals surface area contributed by atoms with Gasteiger partial charge in [0.15, 0.2) is 0 Å². The van der Waals surface area contributed by atoms with Crippen LogP contribution in [0.1, 0.15) is 11.1 Å². The number of anilines is 2. The zero-order valence-corrected chi connectivity index (χ0v) is 16.0. The lowest BCUT2D eigenvalue weighted by molar-refractivity contribution is -0.285. The number of ether oxygens (including phenoxy) is 1. The average molecular weight is 373 g/mol. The van der Waals surface area contributed by atoms with Gasteiger partial charge in [-0.05, 0) is 60.6 Å². The predicted molar refractivity (Wildman–Crippen MR) is 105 cm³/mol. The van der Waals surface area contributed by atoms with E-state index < -0.39 is 0 Å². The van der Waals surface area contributed by atoms with Gasteiger partial charge in [-0.1, -0.05) is 23.4 Å². The van der Waals surface area contributed by atoms with Gasteiger partial charge in [0.1, 0.15) is 5.75 Å². The number of hydroxylamine groups is 2. The molecule has 1 heterocycles. The Morgan fingerprint density at radius 3 is 2.54 bits per heavy atom. The zero-order chi connectivity index (χ0) is 18.5. The Labute approximate surface area is 159 Å². The van der Waals surface area contributed by atoms with E-state index in [9.17, 15) is 0 Å². The third kappa shape index (κ3) is 3.66. The van der Waals surface area contributed by atoms with Crippen molar-refractivity contribution < 1.29 is 14.4 Å². The van der Waals surface area contributed by atoms with Crippen LogP contribution in [0.5, 0.6) is 5.75 Å². The minimum absolute atomic E-state index is 0.355. The van der Waals surface area contributed by atoms with Crippen LogP contribution in [0.15, 0.2) is 42.5 Å². The number of nitrogens with one attached hydrogen (secondary N) is 1. The van der Waals surface area contributed by atoms with Crippen molar-refractivity contribution in [2.24, 2.45) is 0 Å². The number of hydrogen-bond acceptors (Lipinski definition) is 5. The normalized spacial score (nSPS) is 13.0. The summed E-state index contributed by atoms with van der Waals surface area (Å²) in [6.45, 7) is 1.86. The summed E-state index contributed by atoms with van der Waals surface area (Å²) in [5.74, 6) is 0.710. The SMILES string of the molecule is COc1ccccc1N(C(=S)N(OC)OC)c1ccc2c(c1)CCNC2. The van der Waals surface area contributed by atoms with E-state index in [0.717, 1.165) is 30.9 Å². The van der Waals surface area contributed by atoms with Gasteiger partial charge in [-0.2, -0.15) is 0 Å². The second-order valence-corrected chi connectivity index (χ2v) is 6.16. The van der Waals surface area contributed by atoms with Gasteiger partial charge in [0, 0.05) is 12.2 Å². The summed E-state index contributed by atoms with van der Waals surface area (Å²) in [7, 11) is 4.66. The number of thiocarbonyl (C=S) groups is 1. The summed E-state index contributed by atoms with van der Waals surface area (Å²) in [6.07, 6.45) is 0.980. The van der Waals surface area contributed by atoms with Crippen LogP contribution in [-0.2, 0) is 22.6 Å². The van der Waals surface area contributed by atoms with Crippen molar-refractivity contribution in [1.29, 1.82) is 0 Å². The van der Waals surface area contributed by atoms with E-state index in [1.54, 1.807) is 7.11 Å². The molecule has 1 aliphatic rings. The quantitative estimate of drug-likeness (QED) is 0.638. The molecule has 2 aromatic rings. The van der Waals surface area contributed by atoms with Crippen LogP contribution < -0.4 is 15.0 Å². The van der Waals surface area contributed by atoms with Crippen LogP contribution in [0.25, 0.3) is 0 Å². The van der Waals surface area contributed by atoms with Crippen LogP contribution in [-0.4, -0.2) is 38.2 Å². The Kier molecular flexibility index (Phi) is 6.05. The highest BCUT2D eigenvalue weighted by Crippen LogP contribution is 2.36. The molecule has 0 aromatic heterocycles. The van der Waals surface area contributed by atoms with Gasteiger partial charge >= 0.3 is 0 Å². The summed E-state index contributed by atoms with van der Waals surface area (Å²) in [6, 6.07) is 14.1. The summed E-state index contributed by atoms with van der Waals surface area (Å²) in [5, 5.41) is 4.94. The number of nitrogens with zero attached hydrogens (tertiary/aromatic N) is 2. The highest BCUT2D eigenvalue weighted by atomic mass is 32.1. The number of rotatable bonds is 5. The van der Waals surface area contributed by atoms with E-state index in [4.69, 9.17) is 26.6 Å². The van der Waals surface area contributed by atoms with Gasteiger partial charge in [-0.15, -0.1) is 0 Å². The van der Waals surface area contributed by atoms with Crippen LogP contribution in [0.3, 0.4) is 0 Å². The van der Waals surface area contributed by atoms with Crippen molar-refractivity contribution in [2.75, 3.05) is 32.8 Å². The first-order valence-electron chi connectivity index (χ1n) is 8.37. The standard InChI is InChI=1S/C19H23N3O3S/c1-23-18-7-5-4-6-17(18)21(19(26)22(24-2)25-3)16-9-8-15-13-20-11-10-14(15)12-16/h4-9,12,20H,10-11,13H2,1-3H3. The molecule has 138 valence electrons. The number of para-hydroxylation sites is 2. The lowest BCUT2D eigenvalue weighted by Gasteiger charge is -2.31. The van der Waals surface area contributed by atoms with Crippen LogP contribution in [0.2, 0.25) is 0 Å². The lowest BCUT2D eigenvalue weighted by Crippen LogP contribution is -2.39. The van der Waals surface area contributed by atoms with E-state index in [1.165, 1.54) is 30.6 Å². The summed E-state index contributed by atoms with van der Waals surface area (Å²) in [5.41, 5.74) is 4.36. The average Bonchev–Trinajstić information content (AvgIpc) is 2.69. The van der Waals surface area contributed by atoms with Gasteiger partial charge in [-0.3, -0.25) is 4.90 Å². The third-order valence-corrected chi connectivity index (χ3v) is 4.67. The third-order valence-electron chi connectivity index (χ3n) is 4.34. The Bertz CT molecular complexity index is 780. The van der Waals surface area contributed by atoms with Gasteiger partial charge in [0.25, 0.3) is 0 Å². The minimum atomic E-state index is 0.355. The summed E-state index contributed by atoms with van der Waals surface area (Å²) >= 11 is 5.66. The fourth-order valence-corrected chi connectivity index (χ4v) is 3.43. The Morgan fingerprint density at radius 2 is 1.81 bits per heavy atom. The number of methoxy groups -OCH3 is 1. The van der Waals surface area contributed by atoms with Crippen molar-refractivity contribution >= 4 is 28.7 Å². The zero-order valence-electron chi connectivity index (χ0n) is 15.2. The van der Waals surface area contributed by atoms with E-state index in [2.05, 4.69) is 17.4 Å². The molecule has 0 spiro atoms. The van der Waals surface area contributed by atoms with Gasteiger partial charge < -0.3 is 10.1 Å². The van der Waals surface area contributed by atoms with Crippen LogP contribution >= 0.6 is 12.2 Å². The van der Waals surface area contributed by atoms with Gasteiger partial charge in [-0.25, -0.2) is 9.68 Å². The predicted octanol–water partition coefficient (Wildman–Crippen LogP) is 3.19. The Morgan fingerprint density at radius 1 is 1.04 bits per heavy atom. The maximum absolute atomic E-state index is 5.66. The largest absolute Gasteiger partial charge is 0.495 e. The molecule has 6 nitrogen and oxygen atoms in total. The lowest BCUT2D eigenvalue weighted by atomic mass is 10.00. The fourth-order valence-electron chi connectivity index (χ4n) is 3.08. The maximum atomic E-state index is 5.66. The first kappa shape index (κ1) is 18.6. The Balaban J connectivity index is 2.10. The molecule has 0 atom stereocenters. The van der Waals surface area contributed by atoms with Crippen molar-refractivity contribution in [3.63, 3.8) is 0 Å². The Hall–Kier alpha value is -2.19. The van der Waals surface area contributed by atoms with E-state index >= 15 is 0 Å². The summed E-state index contributed by atoms with van der Waals surface area (Å²) in [4.78, 5) is 12.4. The molecule has 26 heavy (non-hydrogen) atoms. The van der Waals surface area contributed by atoms with Crippen LogP contribution in [0, 0.1) is 0 Å². The molecule has 2 aromatic carbocycles. The molecule has 0 aliphatic carbocycles. The molecule has 0 unspecified atom stereocenters. The fraction of sp³-hybridized carbons (Fsp3) is 0.316. The molecule has 0 bridgehead atoms. The number of benzene rings is 2. The summed E-state index contributed by atoms with van der Waals surface area (Å²) < 4.78 is 5.55. The smallest absolute Gasteiger partial charge is 0.234 e. The molecular weight excluding hydrogens is 350 g/mol. The number of hydrogen-bond donors (Lipinski definition) is 1. The molecule has 0 saturated carbocycles. The first-order valence-corrected chi connectivity index (χ1v) is 8.78.